The second-order valence-electron chi connectivity index (χ2n) is 5.42. The zero-order chi connectivity index (χ0) is 18.8. The van der Waals surface area contributed by atoms with Gasteiger partial charge in [-0.1, -0.05) is 33.6 Å². The van der Waals surface area contributed by atoms with Crippen molar-refractivity contribution in [2.24, 2.45) is 0 Å². The molecule has 3 aromatic rings. The lowest BCUT2D eigenvalue weighted by Gasteiger charge is -2.11. The average molecular weight is 432 g/mol. The maximum Gasteiger partial charge on any atom is 0.266 e. The number of methoxy groups -OCH3 is 1. The number of ether oxygens (including phenoxy) is 1. The number of phenols is 1. The first-order chi connectivity index (χ1) is 12.4. The quantitative estimate of drug-likeness (QED) is 0.629. The van der Waals surface area contributed by atoms with E-state index in [4.69, 9.17) is 16.3 Å². The van der Waals surface area contributed by atoms with Gasteiger partial charge in [-0.05, 0) is 42.0 Å². The minimum atomic E-state index is -0.550. The topological polar surface area (TPSA) is 86.1 Å². The van der Waals surface area contributed by atoms with Crippen molar-refractivity contribution in [2.75, 3.05) is 7.11 Å². The number of hydrogen-bond donors (Lipinski definition) is 2. The highest BCUT2D eigenvalue weighted by Gasteiger charge is 2.15. The Morgan fingerprint density at radius 3 is 2.62 bits per heavy atom. The van der Waals surface area contributed by atoms with E-state index in [9.17, 15) is 15.2 Å². The third-order valence-corrected chi connectivity index (χ3v) is 4.65. The fourth-order valence-corrected chi connectivity index (χ4v) is 3.22. The number of nitriles is 1. The van der Waals surface area contributed by atoms with Gasteiger partial charge < -0.3 is 14.8 Å². The summed E-state index contributed by atoms with van der Waals surface area (Å²) in [5.41, 5.74) is 1.23. The molecular weight excluding hydrogens is 420 g/mol. The molecule has 0 fully saturated rings. The summed E-state index contributed by atoms with van der Waals surface area (Å²) in [7, 11) is 1.50. The van der Waals surface area contributed by atoms with Gasteiger partial charge in [-0.2, -0.15) is 5.26 Å². The van der Waals surface area contributed by atoms with E-state index in [2.05, 4.69) is 20.9 Å². The largest absolute Gasteiger partial charge is 0.507 e. The minimum Gasteiger partial charge on any atom is -0.507 e. The van der Waals surface area contributed by atoms with Crippen LogP contribution in [0.3, 0.4) is 0 Å². The zero-order valence-corrected chi connectivity index (χ0v) is 15.9. The van der Waals surface area contributed by atoms with E-state index in [0.29, 0.717) is 33.2 Å². The number of halogens is 2. The molecule has 0 unspecified atom stereocenters. The van der Waals surface area contributed by atoms with Gasteiger partial charge in [0.15, 0.2) is 0 Å². The van der Waals surface area contributed by atoms with Crippen molar-refractivity contribution in [3.05, 3.63) is 67.9 Å². The van der Waals surface area contributed by atoms with E-state index in [1.165, 1.54) is 13.2 Å². The van der Waals surface area contributed by atoms with Crippen molar-refractivity contribution >= 4 is 27.5 Å². The smallest absolute Gasteiger partial charge is 0.266 e. The average Bonchev–Trinajstić information content (AvgIpc) is 2.63. The Balaban J connectivity index is 2.27. The number of phenolic OH excluding ortho intramolecular Hbond substituents is 1. The molecule has 0 atom stereocenters. The molecule has 2 N–H and O–H groups in total. The van der Waals surface area contributed by atoms with Gasteiger partial charge in [-0.15, -0.1) is 0 Å². The molecule has 0 saturated carbocycles. The molecule has 0 bridgehead atoms. The Morgan fingerprint density at radius 1 is 1.19 bits per heavy atom. The first kappa shape index (κ1) is 18.1. The maximum absolute atomic E-state index is 12.4. The lowest BCUT2D eigenvalue weighted by molar-refractivity contribution is 0.415. The summed E-state index contributed by atoms with van der Waals surface area (Å²) in [6, 6.07) is 13.4. The molecule has 1 aromatic heterocycles. The van der Waals surface area contributed by atoms with Crippen LogP contribution in [0.5, 0.6) is 11.5 Å². The lowest BCUT2D eigenvalue weighted by atomic mass is 9.98. The van der Waals surface area contributed by atoms with Crippen molar-refractivity contribution in [2.45, 2.75) is 0 Å². The standard InChI is InChI=1S/C19H12BrClN2O3/c1-26-18-5-2-10(6-15(18)21)12-8-16(23-19(25)14(12)9-22)13-7-11(20)3-4-17(13)24/h2-8,24H,1H3,(H,23,25). The molecule has 0 aliphatic carbocycles. The molecule has 0 saturated heterocycles. The van der Waals surface area contributed by atoms with Crippen LogP contribution < -0.4 is 10.3 Å². The second kappa shape index (κ2) is 7.24. The summed E-state index contributed by atoms with van der Waals surface area (Å²) >= 11 is 9.52. The minimum absolute atomic E-state index is 0.00673. The number of H-pyrrole nitrogens is 1. The summed E-state index contributed by atoms with van der Waals surface area (Å²) < 4.78 is 5.88. The molecule has 2 aromatic carbocycles. The molecule has 0 spiro atoms. The van der Waals surface area contributed by atoms with Gasteiger partial charge in [0.1, 0.15) is 23.1 Å². The van der Waals surface area contributed by atoms with Crippen molar-refractivity contribution < 1.29 is 9.84 Å². The Bertz CT molecular complexity index is 1100. The predicted molar refractivity (Wildman–Crippen MR) is 104 cm³/mol. The molecule has 0 aliphatic heterocycles. The van der Waals surface area contributed by atoms with Crippen LogP contribution in [0, 0.1) is 11.3 Å². The fraction of sp³-hybridized carbons (Fsp3) is 0.0526. The number of aromatic hydroxyl groups is 1. The van der Waals surface area contributed by atoms with Gasteiger partial charge in [-0.3, -0.25) is 4.79 Å². The van der Waals surface area contributed by atoms with E-state index in [1.807, 2.05) is 6.07 Å². The number of nitrogens with one attached hydrogen (secondary N) is 1. The highest BCUT2D eigenvalue weighted by atomic mass is 79.9. The predicted octanol–water partition coefficient (Wildman–Crippen LogP) is 4.71. The summed E-state index contributed by atoms with van der Waals surface area (Å²) in [5.74, 6) is 0.496. The van der Waals surface area contributed by atoms with Crippen molar-refractivity contribution in [3.63, 3.8) is 0 Å². The number of aromatic amines is 1. The van der Waals surface area contributed by atoms with Gasteiger partial charge in [0.05, 0.1) is 17.8 Å². The molecule has 1 heterocycles. The van der Waals surface area contributed by atoms with Crippen LogP contribution in [0.25, 0.3) is 22.4 Å². The number of pyridine rings is 1. The summed E-state index contributed by atoms with van der Waals surface area (Å²) in [6.45, 7) is 0. The first-order valence-electron chi connectivity index (χ1n) is 7.45. The Labute approximate surface area is 162 Å². The molecule has 3 rings (SSSR count). The normalized spacial score (nSPS) is 10.4. The number of aromatic nitrogens is 1. The van der Waals surface area contributed by atoms with Gasteiger partial charge >= 0.3 is 0 Å². The van der Waals surface area contributed by atoms with Crippen LogP contribution in [0.15, 0.2) is 51.7 Å². The van der Waals surface area contributed by atoms with Crippen LogP contribution in [-0.4, -0.2) is 17.2 Å². The molecule has 0 aliphatic rings. The number of hydrogen-bond acceptors (Lipinski definition) is 4. The second-order valence-corrected chi connectivity index (χ2v) is 6.75. The zero-order valence-electron chi connectivity index (χ0n) is 13.5. The summed E-state index contributed by atoms with van der Waals surface area (Å²) in [4.78, 5) is 15.1. The molecule has 0 radical (unpaired) electrons. The number of nitrogens with zero attached hydrogens (tertiary/aromatic N) is 1. The van der Waals surface area contributed by atoms with Crippen LogP contribution in [-0.2, 0) is 0 Å². The van der Waals surface area contributed by atoms with Gasteiger partial charge in [0, 0.05) is 15.6 Å². The van der Waals surface area contributed by atoms with Gasteiger partial charge in [0.2, 0.25) is 0 Å². The van der Waals surface area contributed by atoms with E-state index in [1.54, 1.807) is 36.4 Å². The molecule has 7 heteroatoms. The van der Waals surface area contributed by atoms with E-state index >= 15 is 0 Å². The Kier molecular flexibility index (Phi) is 5.03. The maximum atomic E-state index is 12.4. The molecule has 130 valence electrons. The highest BCUT2D eigenvalue weighted by molar-refractivity contribution is 9.10. The van der Waals surface area contributed by atoms with Crippen LogP contribution >= 0.6 is 27.5 Å². The summed E-state index contributed by atoms with van der Waals surface area (Å²) in [6.07, 6.45) is 0. The van der Waals surface area contributed by atoms with E-state index in [-0.39, 0.29) is 11.3 Å². The van der Waals surface area contributed by atoms with Crippen molar-refractivity contribution in [1.82, 2.24) is 4.98 Å². The SMILES string of the molecule is COc1ccc(-c2cc(-c3cc(Br)ccc3O)[nH]c(=O)c2C#N)cc1Cl. The Hall–Kier alpha value is -2.75. The third-order valence-electron chi connectivity index (χ3n) is 3.86. The molecule has 0 amide bonds. The van der Waals surface area contributed by atoms with Crippen LogP contribution in [0.4, 0.5) is 0 Å². The third kappa shape index (κ3) is 3.32. The summed E-state index contributed by atoms with van der Waals surface area (Å²) in [5, 5.41) is 19.9. The first-order valence-corrected chi connectivity index (χ1v) is 8.62. The highest BCUT2D eigenvalue weighted by Crippen LogP contribution is 2.35. The molecular formula is C19H12BrClN2O3. The van der Waals surface area contributed by atoms with Crippen LogP contribution in [0.2, 0.25) is 5.02 Å². The van der Waals surface area contributed by atoms with Crippen molar-refractivity contribution in [1.29, 1.82) is 5.26 Å². The fourth-order valence-electron chi connectivity index (χ4n) is 2.60. The van der Waals surface area contributed by atoms with Crippen LogP contribution in [0.1, 0.15) is 5.56 Å². The van der Waals surface area contributed by atoms with Gasteiger partial charge in [-0.25, -0.2) is 0 Å². The number of rotatable bonds is 3. The number of benzene rings is 2. The van der Waals surface area contributed by atoms with Crippen molar-refractivity contribution in [3.8, 4) is 40.0 Å². The van der Waals surface area contributed by atoms with E-state index < -0.39 is 5.56 Å². The lowest BCUT2D eigenvalue weighted by Crippen LogP contribution is -2.12. The molecule has 5 nitrogen and oxygen atoms in total. The monoisotopic (exact) mass is 430 g/mol. The van der Waals surface area contributed by atoms with E-state index in [0.717, 1.165) is 4.47 Å². The Morgan fingerprint density at radius 2 is 1.96 bits per heavy atom. The van der Waals surface area contributed by atoms with Gasteiger partial charge in [0.25, 0.3) is 5.56 Å². The molecule has 26 heavy (non-hydrogen) atoms.